The zero-order valence-corrected chi connectivity index (χ0v) is 18.8. The Balaban J connectivity index is 1.25. The van der Waals surface area contributed by atoms with Gasteiger partial charge in [0.15, 0.2) is 0 Å². The fraction of sp³-hybridized carbons (Fsp3) is 0.750. The van der Waals surface area contributed by atoms with E-state index in [1.165, 1.54) is 31.4 Å². The summed E-state index contributed by atoms with van der Waals surface area (Å²) in [5, 5.41) is 10.6. The standard InChI is InChI=1S/C24H35F3N2O2/c1-22(2)18-7-8-23(3,14-18)21(22)31-16-20(30)15-28-9-11-29(12-10-28)19-6-4-5-17(13-19)24(25,26)27/h4-6,13,18,20-21,30H,7-12,14-16H2,1-3H3/t18-,20+,21+,23-/m0/s1. The zero-order valence-electron chi connectivity index (χ0n) is 18.8. The molecule has 4 atom stereocenters. The van der Waals surface area contributed by atoms with Crippen molar-refractivity contribution in [3.63, 3.8) is 0 Å². The van der Waals surface area contributed by atoms with Crippen molar-refractivity contribution in [3.05, 3.63) is 29.8 Å². The number of aliphatic hydroxyl groups is 1. The number of anilines is 1. The summed E-state index contributed by atoms with van der Waals surface area (Å²) in [6, 6.07) is 5.51. The van der Waals surface area contributed by atoms with Gasteiger partial charge in [-0.3, -0.25) is 4.90 Å². The van der Waals surface area contributed by atoms with E-state index in [2.05, 4.69) is 25.7 Å². The Labute approximate surface area is 183 Å². The van der Waals surface area contributed by atoms with Crippen molar-refractivity contribution in [1.82, 2.24) is 4.90 Å². The third kappa shape index (κ3) is 4.60. The minimum Gasteiger partial charge on any atom is -0.389 e. The van der Waals surface area contributed by atoms with Crippen molar-refractivity contribution in [2.45, 2.75) is 58.4 Å². The van der Waals surface area contributed by atoms with E-state index in [4.69, 9.17) is 4.74 Å². The molecule has 0 radical (unpaired) electrons. The van der Waals surface area contributed by atoms with Gasteiger partial charge in [0.2, 0.25) is 0 Å². The molecule has 0 unspecified atom stereocenters. The fourth-order valence-corrected chi connectivity index (χ4v) is 6.30. The first-order chi connectivity index (χ1) is 14.5. The highest BCUT2D eigenvalue weighted by Crippen LogP contribution is 2.63. The molecule has 4 rings (SSSR count). The van der Waals surface area contributed by atoms with E-state index in [0.717, 1.165) is 6.07 Å². The Bertz CT molecular complexity index is 772. The molecule has 1 aromatic carbocycles. The highest BCUT2D eigenvalue weighted by Gasteiger charge is 2.60. The van der Waals surface area contributed by atoms with Crippen LogP contribution in [-0.4, -0.2) is 61.5 Å². The van der Waals surface area contributed by atoms with Gasteiger partial charge in [-0.05, 0) is 54.2 Å². The van der Waals surface area contributed by atoms with Crippen molar-refractivity contribution >= 4 is 5.69 Å². The highest BCUT2D eigenvalue weighted by atomic mass is 19.4. The van der Waals surface area contributed by atoms with E-state index in [0.29, 0.717) is 50.9 Å². The Morgan fingerprint density at radius 2 is 1.87 bits per heavy atom. The number of benzene rings is 1. The van der Waals surface area contributed by atoms with Crippen LogP contribution in [0.5, 0.6) is 0 Å². The smallest absolute Gasteiger partial charge is 0.389 e. The van der Waals surface area contributed by atoms with E-state index < -0.39 is 17.8 Å². The third-order valence-corrected chi connectivity index (χ3v) is 7.97. The molecule has 3 fully saturated rings. The second-order valence-electron chi connectivity index (χ2n) is 10.6. The number of aliphatic hydroxyl groups excluding tert-OH is 1. The van der Waals surface area contributed by atoms with E-state index in [9.17, 15) is 18.3 Å². The van der Waals surface area contributed by atoms with Crippen LogP contribution in [-0.2, 0) is 10.9 Å². The average molecular weight is 441 g/mol. The molecule has 174 valence electrons. The number of ether oxygens (including phenoxy) is 1. The zero-order chi connectivity index (χ0) is 22.4. The van der Waals surface area contributed by atoms with Crippen molar-refractivity contribution in [3.8, 4) is 0 Å². The number of piperazine rings is 1. The number of fused-ring (bicyclic) bond motifs is 2. The van der Waals surface area contributed by atoms with Crippen LogP contribution in [0.2, 0.25) is 0 Å². The summed E-state index contributed by atoms with van der Waals surface area (Å²) in [6.07, 6.45) is -0.990. The molecule has 1 heterocycles. The third-order valence-electron chi connectivity index (χ3n) is 7.97. The summed E-state index contributed by atoms with van der Waals surface area (Å²) in [7, 11) is 0. The lowest BCUT2D eigenvalue weighted by Gasteiger charge is -2.43. The summed E-state index contributed by atoms with van der Waals surface area (Å²) in [6.45, 7) is 10.5. The molecule has 3 aliphatic rings. The molecule has 1 aromatic rings. The maximum atomic E-state index is 13.0. The summed E-state index contributed by atoms with van der Waals surface area (Å²) in [5.74, 6) is 0.712. The average Bonchev–Trinajstić information content (AvgIpc) is 3.19. The van der Waals surface area contributed by atoms with Gasteiger partial charge in [0.05, 0.1) is 24.4 Å². The molecular weight excluding hydrogens is 405 g/mol. The topological polar surface area (TPSA) is 35.9 Å². The molecule has 0 amide bonds. The van der Waals surface area contributed by atoms with Gasteiger partial charge in [-0.1, -0.05) is 26.8 Å². The minimum atomic E-state index is -4.33. The molecule has 4 nitrogen and oxygen atoms in total. The number of alkyl halides is 3. The van der Waals surface area contributed by atoms with E-state index in [1.54, 1.807) is 6.07 Å². The first-order valence-electron chi connectivity index (χ1n) is 11.4. The van der Waals surface area contributed by atoms with Crippen LogP contribution in [0.4, 0.5) is 18.9 Å². The normalized spacial score (nSPS) is 31.9. The van der Waals surface area contributed by atoms with Crippen LogP contribution in [0, 0.1) is 16.7 Å². The number of hydrogen-bond donors (Lipinski definition) is 1. The second-order valence-corrected chi connectivity index (χ2v) is 10.6. The Hall–Kier alpha value is -1.31. The lowest BCUT2D eigenvalue weighted by atomic mass is 9.70. The molecule has 2 saturated carbocycles. The summed E-state index contributed by atoms with van der Waals surface area (Å²) >= 11 is 0. The van der Waals surface area contributed by atoms with Gasteiger partial charge in [-0.2, -0.15) is 13.2 Å². The Morgan fingerprint density at radius 1 is 1.16 bits per heavy atom. The molecule has 7 heteroatoms. The number of rotatable bonds is 6. The number of hydrogen-bond acceptors (Lipinski definition) is 4. The highest BCUT2D eigenvalue weighted by molar-refractivity contribution is 5.49. The van der Waals surface area contributed by atoms with Gasteiger partial charge in [0.1, 0.15) is 0 Å². The van der Waals surface area contributed by atoms with Gasteiger partial charge >= 0.3 is 6.18 Å². The van der Waals surface area contributed by atoms with Crippen LogP contribution in [0.15, 0.2) is 24.3 Å². The molecule has 31 heavy (non-hydrogen) atoms. The Kier molecular flexibility index (Phi) is 6.07. The first kappa shape index (κ1) is 22.9. The van der Waals surface area contributed by atoms with Crippen LogP contribution in [0.25, 0.3) is 0 Å². The first-order valence-corrected chi connectivity index (χ1v) is 11.4. The molecular formula is C24H35F3N2O2. The quantitative estimate of drug-likeness (QED) is 0.711. The minimum absolute atomic E-state index is 0.156. The van der Waals surface area contributed by atoms with E-state index in [-0.39, 0.29) is 16.9 Å². The second kappa shape index (κ2) is 8.23. The summed E-state index contributed by atoms with van der Waals surface area (Å²) in [5.41, 5.74) is 0.371. The van der Waals surface area contributed by atoms with Gasteiger partial charge in [-0.15, -0.1) is 0 Å². The van der Waals surface area contributed by atoms with Gasteiger partial charge in [0, 0.05) is 38.4 Å². The predicted octanol–water partition coefficient (Wildman–Crippen LogP) is 4.42. The van der Waals surface area contributed by atoms with Crippen molar-refractivity contribution in [2.75, 3.05) is 44.2 Å². The van der Waals surface area contributed by atoms with E-state index >= 15 is 0 Å². The molecule has 2 aliphatic carbocycles. The summed E-state index contributed by atoms with van der Waals surface area (Å²) in [4.78, 5) is 4.15. The van der Waals surface area contributed by atoms with E-state index in [1.807, 2.05) is 4.90 Å². The SMILES string of the molecule is CC1(C)[C@H]2CC[C@@](C)(C2)[C@@H]1OC[C@H](O)CN1CCN(c2cccc(C(F)(F)F)c2)CC1. The monoisotopic (exact) mass is 440 g/mol. The molecule has 0 spiro atoms. The van der Waals surface area contributed by atoms with Crippen LogP contribution >= 0.6 is 0 Å². The fourth-order valence-electron chi connectivity index (χ4n) is 6.30. The van der Waals surface area contributed by atoms with Crippen LogP contribution < -0.4 is 4.90 Å². The molecule has 1 N–H and O–H groups in total. The largest absolute Gasteiger partial charge is 0.416 e. The lowest BCUT2D eigenvalue weighted by molar-refractivity contribution is -0.137. The molecule has 1 aliphatic heterocycles. The van der Waals surface area contributed by atoms with Crippen molar-refractivity contribution in [1.29, 1.82) is 0 Å². The molecule has 0 aromatic heterocycles. The maximum absolute atomic E-state index is 13.0. The van der Waals surface area contributed by atoms with Crippen molar-refractivity contribution in [2.24, 2.45) is 16.7 Å². The number of halogens is 3. The van der Waals surface area contributed by atoms with Gasteiger partial charge in [-0.25, -0.2) is 0 Å². The Morgan fingerprint density at radius 3 is 2.48 bits per heavy atom. The lowest BCUT2D eigenvalue weighted by Crippen LogP contribution is -2.50. The van der Waals surface area contributed by atoms with Gasteiger partial charge in [0.25, 0.3) is 0 Å². The number of β-amino-alcohol motifs (C(OH)–C–C–N with tert-alkyl or cyclic N) is 1. The van der Waals surface area contributed by atoms with Crippen LogP contribution in [0.3, 0.4) is 0 Å². The maximum Gasteiger partial charge on any atom is 0.416 e. The van der Waals surface area contributed by atoms with Gasteiger partial charge < -0.3 is 14.7 Å². The molecule has 2 bridgehead atoms. The molecule has 1 saturated heterocycles. The van der Waals surface area contributed by atoms with Crippen molar-refractivity contribution < 1.29 is 23.0 Å². The predicted molar refractivity (Wildman–Crippen MR) is 115 cm³/mol. The van der Waals surface area contributed by atoms with Crippen LogP contribution in [0.1, 0.15) is 45.6 Å². The number of nitrogens with zero attached hydrogens (tertiary/aromatic N) is 2. The summed E-state index contributed by atoms with van der Waals surface area (Å²) < 4.78 is 45.2.